The van der Waals surface area contributed by atoms with E-state index in [4.69, 9.17) is 0 Å². The molecule has 28 heavy (non-hydrogen) atoms. The Balaban J connectivity index is 1.81. The molecule has 0 saturated carbocycles. The minimum absolute atomic E-state index is 0.0282. The first kappa shape index (κ1) is 17.9. The summed E-state index contributed by atoms with van der Waals surface area (Å²) < 4.78 is 1.73. The first-order valence-electron chi connectivity index (χ1n) is 8.56. The second-order valence-electron chi connectivity index (χ2n) is 6.26. The molecule has 0 aliphatic carbocycles. The zero-order valence-electron chi connectivity index (χ0n) is 14.8. The SMILES string of the molecule is C=C(c1ccccc1)c1cccc(-n2c(S)nnc2-c2ccc(O)cc2O)c1. The smallest absolute Gasteiger partial charge is 0.193 e. The third kappa shape index (κ3) is 3.25. The van der Waals surface area contributed by atoms with Gasteiger partial charge in [-0.1, -0.05) is 49.0 Å². The standard InChI is InChI=1S/C22H17N3O2S/c1-14(15-6-3-2-4-7-15)16-8-5-9-17(12-16)25-21(23-24-22(25)28)19-11-10-18(26)13-20(19)27/h2-13,26-27H,1H2,(H,24,28). The summed E-state index contributed by atoms with van der Waals surface area (Å²) >= 11 is 4.43. The number of benzene rings is 3. The number of rotatable bonds is 4. The zero-order chi connectivity index (χ0) is 19.7. The quantitative estimate of drug-likeness (QED) is 0.444. The number of aromatic nitrogens is 3. The maximum absolute atomic E-state index is 10.2. The van der Waals surface area contributed by atoms with E-state index in [1.807, 2.05) is 54.6 Å². The highest BCUT2D eigenvalue weighted by Gasteiger charge is 2.17. The van der Waals surface area contributed by atoms with Gasteiger partial charge in [-0.05, 0) is 41.0 Å². The van der Waals surface area contributed by atoms with Crippen LogP contribution in [-0.4, -0.2) is 25.0 Å². The van der Waals surface area contributed by atoms with Crippen molar-refractivity contribution >= 4 is 18.2 Å². The molecule has 0 unspecified atom stereocenters. The number of aromatic hydroxyl groups is 2. The Morgan fingerprint density at radius 1 is 0.857 bits per heavy atom. The summed E-state index contributed by atoms with van der Waals surface area (Å²) in [5.41, 5.74) is 4.10. The van der Waals surface area contributed by atoms with Crippen molar-refractivity contribution in [3.05, 3.63) is 90.5 Å². The minimum atomic E-state index is -0.0909. The molecule has 2 N–H and O–H groups in total. The molecule has 4 aromatic rings. The lowest BCUT2D eigenvalue weighted by Gasteiger charge is -2.12. The summed E-state index contributed by atoms with van der Waals surface area (Å²) in [6.07, 6.45) is 0. The Morgan fingerprint density at radius 2 is 1.61 bits per heavy atom. The van der Waals surface area contributed by atoms with Gasteiger partial charge in [-0.25, -0.2) is 0 Å². The predicted molar refractivity (Wildman–Crippen MR) is 112 cm³/mol. The number of thiol groups is 1. The Labute approximate surface area is 167 Å². The Morgan fingerprint density at radius 3 is 2.36 bits per heavy atom. The molecule has 0 amide bonds. The largest absolute Gasteiger partial charge is 0.508 e. The minimum Gasteiger partial charge on any atom is -0.508 e. The fraction of sp³-hybridized carbons (Fsp3) is 0. The Hall–Kier alpha value is -3.51. The molecular weight excluding hydrogens is 370 g/mol. The number of hydrogen-bond acceptors (Lipinski definition) is 5. The number of hydrogen-bond donors (Lipinski definition) is 3. The summed E-state index contributed by atoms with van der Waals surface area (Å²) in [6, 6.07) is 22.1. The maximum Gasteiger partial charge on any atom is 0.193 e. The monoisotopic (exact) mass is 387 g/mol. The van der Waals surface area contributed by atoms with Gasteiger partial charge in [0.25, 0.3) is 0 Å². The lowest BCUT2D eigenvalue weighted by Crippen LogP contribution is -1.99. The van der Waals surface area contributed by atoms with Crippen LogP contribution in [-0.2, 0) is 0 Å². The van der Waals surface area contributed by atoms with Crippen LogP contribution in [0.2, 0.25) is 0 Å². The molecular formula is C22H17N3O2S. The van der Waals surface area contributed by atoms with Gasteiger partial charge in [-0.3, -0.25) is 4.57 Å². The highest BCUT2D eigenvalue weighted by molar-refractivity contribution is 7.80. The molecule has 1 aromatic heterocycles. The molecule has 5 nitrogen and oxygen atoms in total. The Kier molecular flexibility index (Phi) is 4.63. The molecule has 0 bridgehead atoms. The fourth-order valence-electron chi connectivity index (χ4n) is 3.04. The first-order chi connectivity index (χ1) is 13.5. The van der Waals surface area contributed by atoms with Gasteiger partial charge in [0.15, 0.2) is 11.0 Å². The normalized spacial score (nSPS) is 10.8. The van der Waals surface area contributed by atoms with Crippen molar-refractivity contribution in [3.8, 4) is 28.6 Å². The van der Waals surface area contributed by atoms with Crippen LogP contribution in [0.5, 0.6) is 11.5 Å². The molecule has 0 radical (unpaired) electrons. The molecule has 6 heteroatoms. The molecule has 0 fully saturated rings. The van der Waals surface area contributed by atoms with E-state index < -0.39 is 0 Å². The summed E-state index contributed by atoms with van der Waals surface area (Å²) in [5, 5.41) is 28.4. The van der Waals surface area contributed by atoms with E-state index in [9.17, 15) is 10.2 Å². The molecule has 1 heterocycles. The van der Waals surface area contributed by atoms with Crippen molar-refractivity contribution in [2.24, 2.45) is 0 Å². The Bertz CT molecular complexity index is 1170. The van der Waals surface area contributed by atoms with Crippen LogP contribution in [0.15, 0.2) is 84.5 Å². The van der Waals surface area contributed by atoms with E-state index in [2.05, 4.69) is 29.4 Å². The van der Waals surface area contributed by atoms with Crippen molar-refractivity contribution in [2.75, 3.05) is 0 Å². The zero-order valence-corrected chi connectivity index (χ0v) is 15.7. The summed E-state index contributed by atoms with van der Waals surface area (Å²) in [5.74, 6) is 0.302. The third-order valence-corrected chi connectivity index (χ3v) is 4.73. The molecule has 0 saturated heterocycles. The van der Waals surface area contributed by atoms with Crippen LogP contribution in [0.1, 0.15) is 11.1 Å². The lowest BCUT2D eigenvalue weighted by molar-refractivity contribution is 0.451. The molecule has 3 aromatic carbocycles. The second kappa shape index (κ2) is 7.25. The van der Waals surface area contributed by atoms with E-state index in [0.29, 0.717) is 16.5 Å². The average Bonchev–Trinajstić information content (AvgIpc) is 3.09. The van der Waals surface area contributed by atoms with Crippen LogP contribution >= 0.6 is 12.6 Å². The van der Waals surface area contributed by atoms with Crippen molar-refractivity contribution in [2.45, 2.75) is 5.16 Å². The van der Waals surface area contributed by atoms with Gasteiger partial charge in [-0.15, -0.1) is 22.8 Å². The predicted octanol–water partition coefficient (Wildman–Crippen LogP) is 4.70. The van der Waals surface area contributed by atoms with Gasteiger partial charge in [-0.2, -0.15) is 0 Å². The van der Waals surface area contributed by atoms with E-state index in [1.54, 1.807) is 10.6 Å². The van der Waals surface area contributed by atoms with E-state index >= 15 is 0 Å². The van der Waals surface area contributed by atoms with Gasteiger partial charge in [0.1, 0.15) is 11.5 Å². The van der Waals surface area contributed by atoms with Crippen molar-refractivity contribution in [1.29, 1.82) is 0 Å². The maximum atomic E-state index is 10.2. The van der Waals surface area contributed by atoms with E-state index in [0.717, 1.165) is 22.4 Å². The topological polar surface area (TPSA) is 71.2 Å². The van der Waals surface area contributed by atoms with Gasteiger partial charge in [0.05, 0.1) is 11.3 Å². The van der Waals surface area contributed by atoms with Gasteiger partial charge >= 0.3 is 0 Å². The highest BCUT2D eigenvalue weighted by atomic mass is 32.1. The third-order valence-electron chi connectivity index (χ3n) is 4.44. The number of nitrogens with zero attached hydrogens (tertiary/aromatic N) is 3. The molecule has 0 aliphatic heterocycles. The van der Waals surface area contributed by atoms with Crippen LogP contribution in [0.4, 0.5) is 0 Å². The molecule has 0 atom stereocenters. The molecule has 4 rings (SSSR count). The summed E-state index contributed by atoms with van der Waals surface area (Å²) in [6.45, 7) is 4.22. The molecule has 0 aliphatic rings. The van der Waals surface area contributed by atoms with E-state index in [1.165, 1.54) is 12.1 Å². The average molecular weight is 387 g/mol. The first-order valence-corrected chi connectivity index (χ1v) is 9.01. The lowest BCUT2D eigenvalue weighted by atomic mass is 9.99. The summed E-state index contributed by atoms with van der Waals surface area (Å²) in [7, 11) is 0. The second-order valence-corrected chi connectivity index (χ2v) is 6.66. The van der Waals surface area contributed by atoms with Crippen molar-refractivity contribution in [1.82, 2.24) is 14.8 Å². The summed E-state index contributed by atoms with van der Waals surface area (Å²) in [4.78, 5) is 0. The van der Waals surface area contributed by atoms with Crippen LogP contribution in [0, 0.1) is 0 Å². The van der Waals surface area contributed by atoms with E-state index in [-0.39, 0.29) is 11.5 Å². The number of phenolic OH excluding ortho intramolecular Hbond substituents is 2. The van der Waals surface area contributed by atoms with Gasteiger partial charge in [0, 0.05) is 6.07 Å². The van der Waals surface area contributed by atoms with Gasteiger partial charge in [0.2, 0.25) is 0 Å². The molecule has 0 spiro atoms. The highest BCUT2D eigenvalue weighted by Crippen LogP contribution is 2.34. The van der Waals surface area contributed by atoms with Crippen molar-refractivity contribution in [3.63, 3.8) is 0 Å². The molecule has 138 valence electrons. The van der Waals surface area contributed by atoms with Gasteiger partial charge < -0.3 is 10.2 Å². The van der Waals surface area contributed by atoms with Crippen molar-refractivity contribution < 1.29 is 10.2 Å². The fourth-order valence-corrected chi connectivity index (χ4v) is 3.29. The van der Waals surface area contributed by atoms with Crippen LogP contribution in [0.25, 0.3) is 22.6 Å². The number of phenols is 2. The van der Waals surface area contributed by atoms with Crippen LogP contribution < -0.4 is 0 Å². The van der Waals surface area contributed by atoms with Crippen LogP contribution in [0.3, 0.4) is 0 Å².